The minimum atomic E-state index is -0.893. The van der Waals surface area contributed by atoms with E-state index in [0.717, 1.165) is 38.5 Å². The Labute approximate surface area is 153 Å². The van der Waals surface area contributed by atoms with Crippen molar-refractivity contribution in [1.29, 1.82) is 0 Å². The molecule has 3 nitrogen and oxygen atoms in total. The topological polar surface area (TPSA) is 46.5 Å². The maximum absolute atomic E-state index is 10.8. The molecule has 0 radical (unpaired) electrons. The van der Waals surface area contributed by atoms with Crippen molar-refractivity contribution in [3.05, 3.63) is 60.8 Å². The second-order valence-corrected chi connectivity index (χ2v) is 5.62. The van der Waals surface area contributed by atoms with Crippen molar-refractivity contribution in [2.24, 2.45) is 0 Å². The molecular formula is C22H34O3. The van der Waals surface area contributed by atoms with Gasteiger partial charge in [0, 0.05) is 0 Å². The molecule has 0 aliphatic rings. The molecule has 0 aromatic heterocycles. The first-order valence-corrected chi connectivity index (χ1v) is 9.31. The van der Waals surface area contributed by atoms with E-state index in [1.165, 1.54) is 0 Å². The van der Waals surface area contributed by atoms with E-state index in [9.17, 15) is 4.79 Å². The molecule has 0 aromatic rings. The number of unbranched alkanes of at least 4 members (excludes halogenated alkanes) is 1. The van der Waals surface area contributed by atoms with Crippen LogP contribution in [-0.4, -0.2) is 23.8 Å². The Morgan fingerprint density at radius 2 is 1.28 bits per heavy atom. The van der Waals surface area contributed by atoms with Crippen molar-refractivity contribution >= 4 is 5.97 Å². The van der Waals surface area contributed by atoms with Crippen LogP contribution in [0.5, 0.6) is 0 Å². The van der Waals surface area contributed by atoms with Gasteiger partial charge in [-0.2, -0.15) is 0 Å². The number of carbonyl (C=O) groups is 1. The number of hydrogen-bond donors (Lipinski definition) is 1. The minimum absolute atomic E-state index is 0.360. The largest absolute Gasteiger partial charge is 0.479 e. The summed E-state index contributed by atoms with van der Waals surface area (Å²) in [5.74, 6) is -0.893. The molecule has 0 rings (SSSR count). The van der Waals surface area contributed by atoms with Crippen LogP contribution in [0.2, 0.25) is 0 Å². The molecule has 0 aliphatic carbocycles. The third kappa shape index (κ3) is 16.8. The first kappa shape index (κ1) is 23.1. The zero-order valence-electron chi connectivity index (χ0n) is 15.8. The molecule has 140 valence electrons. The predicted octanol–water partition coefficient (Wildman–Crippen LogP) is 6.01. The van der Waals surface area contributed by atoms with Crippen molar-refractivity contribution < 1.29 is 14.6 Å². The third-order valence-electron chi connectivity index (χ3n) is 3.43. The van der Waals surface area contributed by atoms with Gasteiger partial charge in [-0.15, -0.1) is 0 Å². The molecule has 0 spiro atoms. The fourth-order valence-corrected chi connectivity index (χ4v) is 2.01. The van der Waals surface area contributed by atoms with E-state index < -0.39 is 12.1 Å². The summed E-state index contributed by atoms with van der Waals surface area (Å²) >= 11 is 0. The summed E-state index contributed by atoms with van der Waals surface area (Å²) < 4.78 is 5.25. The standard InChI is InChI=1S/C22H34O3/c1-3-5-6-7-8-9-10-11-12-13-14-15-16-17-18-19-20-25-21(4-2)22(23)24/h5-6,8-9,11-12,14-15,18-19,21H,3-4,7,10,13,16-17,20H2,1-2H3,(H,23,24)/b6-5-,9-8-,12-11-,15-14-,19-18+. The number of allylic oxidation sites excluding steroid dienone is 9. The lowest BCUT2D eigenvalue weighted by Gasteiger charge is -2.08. The highest BCUT2D eigenvalue weighted by Gasteiger charge is 2.13. The molecule has 0 saturated heterocycles. The quantitative estimate of drug-likeness (QED) is 0.292. The van der Waals surface area contributed by atoms with Crippen molar-refractivity contribution in [2.45, 2.75) is 64.9 Å². The Bertz CT molecular complexity index is 456. The van der Waals surface area contributed by atoms with Gasteiger partial charge in [-0.3, -0.25) is 0 Å². The molecule has 0 aromatic carbocycles. The van der Waals surface area contributed by atoms with Gasteiger partial charge in [0.2, 0.25) is 0 Å². The highest BCUT2D eigenvalue weighted by Crippen LogP contribution is 2.00. The Morgan fingerprint density at radius 3 is 1.76 bits per heavy atom. The van der Waals surface area contributed by atoms with Gasteiger partial charge in [0.15, 0.2) is 6.10 Å². The van der Waals surface area contributed by atoms with E-state index in [2.05, 4.69) is 55.5 Å². The van der Waals surface area contributed by atoms with E-state index in [-0.39, 0.29) is 0 Å². The summed E-state index contributed by atoms with van der Waals surface area (Å²) in [6.45, 7) is 4.31. The smallest absolute Gasteiger partial charge is 0.332 e. The van der Waals surface area contributed by atoms with E-state index in [4.69, 9.17) is 9.84 Å². The lowest BCUT2D eigenvalue weighted by molar-refractivity contribution is -0.149. The van der Waals surface area contributed by atoms with E-state index in [0.29, 0.717) is 13.0 Å². The van der Waals surface area contributed by atoms with Crippen LogP contribution in [0, 0.1) is 0 Å². The summed E-state index contributed by atoms with van der Waals surface area (Å²) in [5.41, 5.74) is 0. The second-order valence-electron chi connectivity index (χ2n) is 5.62. The van der Waals surface area contributed by atoms with Gasteiger partial charge in [0.05, 0.1) is 6.61 Å². The van der Waals surface area contributed by atoms with Gasteiger partial charge in [0.1, 0.15) is 0 Å². The van der Waals surface area contributed by atoms with Gasteiger partial charge in [-0.05, 0) is 44.9 Å². The Kier molecular flexibility index (Phi) is 17.1. The van der Waals surface area contributed by atoms with Gasteiger partial charge in [-0.1, -0.05) is 74.6 Å². The summed E-state index contributed by atoms with van der Waals surface area (Å²) in [5, 5.41) is 8.84. The fraction of sp³-hybridized carbons (Fsp3) is 0.500. The van der Waals surface area contributed by atoms with E-state index in [1.807, 2.05) is 19.1 Å². The lowest BCUT2D eigenvalue weighted by atomic mass is 10.2. The summed E-state index contributed by atoms with van der Waals surface area (Å²) in [7, 11) is 0. The Balaban J connectivity index is 3.57. The first-order valence-electron chi connectivity index (χ1n) is 9.31. The highest BCUT2D eigenvalue weighted by molar-refractivity contribution is 5.72. The van der Waals surface area contributed by atoms with Crippen molar-refractivity contribution in [3.63, 3.8) is 0 Å². The lowest BCUT2D eigenvalue weighted by Crippen LogP contribution is -2.22. The molecule has 0 amide bonds. The highest BCUT2D eigenvalue weighted by atomic mass is 16.5. The van der Waals surface area contributed by atoms with Crippen LogP contribution in [0.25, 0.3) is 0 Å². The number of hydrogen-bond acceptors (Lipinski definition) is 2. The van der Waals surface area contributed by atoms with Crippen LogP contribution in [0.4, 0.5) is 0 Å². The molecular weight excluding hydrogens is 312 g/mol. The molecule has 0 heterocycles. The van der Waals surface area contributed by atoms with Gasteiger partial charge in [0.25, 0.3) is 0 Å². The summed E-state index contributed by atoms with van der Waals surface area (Å²) in [4.78, 5) is 10.8. The Hall–Kier alpha value is -1.87. The molecule has 0 bridgehead atoms. The van der Waals surface area contributed by atoms with Crippen molar-refractivity contribution in [2.75, 3.05) is 6.61 Å². The summed E-state index contributed by atoms with van der Waals surface area (Å²) in [6, 6.07) is 0. The molecule has 3 heteroatoms. The van der Waals surface area contributed by atoms with Crippen LogP contribution in [0.3, 0.4) is 0 Å². The summed E-state index contributed by atoms with van der Waals surface area (Å²) in [6.07, 6.45) is 27.2. The number of ether oxygens (including phenoxy) is 1. The van der Waals surface area contributed by atoms with Gasteiger partial charge in [-0.25, -0.2) is 4.79 Å². The molecule has 25 heavy (non-hydrogen) atoms. The molecule has 1 N–H and O–H groups in total. The fourth-order valence-electron chi connectivity index (χ4n) is 2.01. The van der Waals surface area contributed by atoms with E-state index >= 15 is 0 Å². The zero-order chi connectivity index (χ0) is 18.6. The molecule has 1 atom stereocenters. The third-order valence-corrected chi connectivity index (χ3v) is 3.43. The van der Waals surface area contributed by atoms with Crippen molar-refractivity contribution in [3.8, 4) is 0 Å². The molecule has 1 unspecified atom stereocenters. The number of carboxylic acids is 1. The first-order chi connectivity index (χ1) is 12.2. The predicted molar refractivity (Wildman–Crippen MR) is 107 cm³/mol. The maximum Gasteiger partial charge on any atom is 0.332 e. The molecule has 0 aliphatic heterocycles. The van der Waals surface area contributed by atoms with Crippen LogP contribution in [-0.2, 0) is 9.53 Å². The maximum atomic E-state index is 10.8. The number of rotatable bonds is 15. The van der Waals surface area contributed by atoms with Crippen LogP contribution >= 0.6 is 0 Å². The van der Waals surface area contributed by atoms with Gasteiger partial charge < -0.3 is 9.84 Å². The normalized spacial score (nSPS) is 14.0. The molecule has 0 saturated carbocycles. The monoisotopic (exact) mass is 346 g/mol. The van der Waals surface area contributed by atoms with E-state index in [1.54, 1.807) is 0 Å². The number of carboxylic acid groups (broad SMARTS) is 1. The van der Waals surface area contributed by atoms with Crippen molar-refractivity contribution in [1.82, 2.24) is 0 Å². The average molecular weight is 347 g/mol. The zero-order valence-corrected chi connectivity index (χ0v) is 15.8. The number of aliphatic carboxylic acids is 1. The van der Waals surface area contributed by atoms with Gasteiger partial charge >= 0.3 is 5.97 Å². The van der Waals surface area contributed by atoms with Crippen LogP contribution < -0.4 is 0 Å². The SMILES string of the molecule is CC/C=C\C/C=C\C/C=C\C/C=C\CC/C=C/COC(CC)C(=O)O. The minimum Gasteiger partial charge on any atom is -0.479 e. The second kappa shape index (κ2) is 18.5. The van der Waals surface area contributed by atoms with Crippen LogP contribution in [0.1, 0.15) is 58.8 Å². The average Bonchev–Trinajstić information content (AvgIpc) is 2.60. The Morgan fingerprint density at radius 1 is 0.800 bits per heavy atom. The van der Waals surface area contributed by atoms with Crippen LogP contribution in [0.15, 0.2) is 60.8 Å². The molecule has 0 fully saturated rings.